The number of hydrogen-bond acceptors (Lipinski definition) is 2. The van der Waals surface area contributed by atoms with Gasteiger partial charge in [-0.3, -0.25) is 9.38 Å². The van der Waals surface area contributed by atoms with Gasteiger partial charge in [0, 0.05) is 28.7 Å². The molecule has 3 nitrogen and oxygen atoms in total. The van der Waals surface area contributed by atoms with E-state index in [9.17, 15) is 0 Å². The molecule has 45 heavy (non-hydrogen) atoms. The van der Waals surface area contributed by atoms with Gasteiger partial charge in [-0.15, -0.1) is 0 Å². The Bertz CT molecular complexity index is 2300. The standard InChI is InChI=1S/C42H31N3/c1-28-23-34(24-29(2)43-28)36-25-35(26-37(27-36)39-16-10-14-31-11-6-7-15-38(31)39)30-18-20-33(21-19-30)42-41(32-12-4-3-5-13-32)44-40-17-8-9-22-45(40)42/h3-27H,1-2H3. The van der Waals surface area contributed by atoms with Gasteiger partial charge in [0.2, 0.25) is 0 Å². The summed E-state index contributed by atoms with van der Waals surface area (Å²) in [6.07, 6.45) is 2.09. The molecule has 0 unspecified atom stereocenters. The van der Waals surface area contributed by atoms with Gasteiger partial charge in [0.1, 0.15) is 5.65 Å². The molecule has 0 saturated heterocycles. The summed E-state index contributed by atoms with van der Waals surface area (Å²) in [5.41, 5.74) is 14.4. The van der Waals surface area contributed by atoms with E-state index < -0.39 is 0 Å². The molecule has 3 aromatic heterocycles. The van der Waals surface area contributed by atoms with Crippen LogP contribution in [0.25, 0.3) is 72.3 Å². The second kappa shape index (κ2) is 11.0. The third-order valence-electron chi connectivity index (χ3n) is 8.52. The topological polar surface area (TPSA) is 30.2 Å². The molecule has 0 fully saturated rings. The van der Waals surface area contributed by atoms with Crippen LogP contribution in [0.1, 0.15) is 11.4 Å². The van der Waals surface area contributed by atoms with Gasteiger partial charge in [-0.1, -0.05) is 103 Å². The molecule has 0 N–H and O–H groups in total. The van der Waals surface area contributed by atoms with Crippen molar-refractivity contribution >= 4 is 16.4 Å². The molecular formula is C42H31N3. The Balaban J connectivity index is 1.29. The summed E-state index contributed by atoms with van der Waals surface area (Å²) in [4.78, 5) is 9.67. The molecule has 0 amide bonds. The molecule has 0 aliphatic carbocycles. The molecule has 3 heterocycles. The Morgan fingerprint density at radius 3 is 1.87 bits per heavy atom. The maximum Gasteiger partial charge on any atom is 0.137 e. The predicted octanol–water partition coefficient (Wildman–Crippen LogP) is 10.8. The first-order valence-corrected chi connectivity index (χ1v) is 15.3. The fraction of sp³-hybridized carbons (Fsp3) is 0.0476. The van der Waals surface area contributed by atoms with Crippen LogP contribution in [0, 0.1) is 13.8 Å². The minimum atomic E-state index is 0.936. The van der Waals surface area contributed by atoms with E-state index in [-0.39, 0.29) is 0 Å². The van der Waals surface area contributed by atoms with Gasteiger partial charge in [0.25, 0.3) is 0 Å². The van der Waals surface area contributed by atoms with E-state index >= 15 is 0 Å². The SMILES string of the molecule is Cc1cc(-c2cc(-c3ccc(-c4c(-c5ccccc5)nc5ccccn45)cc3)cc(-c3cccc4ccccc34)c2)cc(C)n1. The average Bonchev–Trinajstić information content (AvgIpc) is 3.48. The smallest absolute Gasteiger partial charge is 0.137 e. The van der Waals surface area contributed by atoms with Crippen molar-refractivity contribution in [1.82, 2.24) is 14.4 Å². The highest BCUT2D eigenvalue weighted by Crippen LogP contribution is 2.38. The Hall–Kier alpha value is -5.80. The highest BCUT2D eigenvalue weighted by molar-refractivity contribution is 5.98. The van der Waals surface area contributed by atoms with Crippen molar-refractivity contribution in [2.24, 2.45) is 0 Å². The highest BCUT2D eigenvalue weighted by Gasteiger charge is 2.16. The summed E-state index contributed by atoms with van der Waals surface area (Å²) in [5.74, 6) is 0. The van der Waals surface area contributed by atoms with Crippen molar-refractivity contribution in [2.75, 3.05) is 0 Å². The van der Waals surface area contributed by atoms with Crippen molar-refractivity contribution in [1.29, 1.82) is 0 Å². The summed E-state index contributed by atoms with van der Waals surface area (Å²) in [6.45, 7) is 4.13. The van der Waals surface area contributed by atoms with Gasteiger partial charge >= 0.3 is 0 Å². The van der Waals surface area contributed by atoms with E-state index in [2.05, 4.69) is 163 Å². The van der Waals surface area contributed by atoms with Crippen molar-refractivity contribution in [3.8, 4) is 55.9 Å². The molecule has 0 saturated carbocycles. The fourth-order valence-corrected chi connectivity index (χ4v) is 6.48. The van der Waals surface area contributed by atoms with E-state index in [0.29, 0.717) is 0 Å². The number of aromatic nitrogens is 3. The van der Waals surface area contributed by atoms with Crippen LogP contribution in [0.15, 0.2) is 152 Å². The molecular weight excluding hydrogens is 546 g/mol. The summed E-state index contributed by atoms with van der Waals surface area (Å²) in [6, 6.07) is 52.0. The Morgan fingerprint density at radius 2 is 1.07 bits per heavy atom. The van der Waals surface area contributed by atoms with Crippen molar-refractivity contribution in [3.63, 3.8) is 0 Å². The van der Waals surface area contributed by atoms with E-state index in [1.54, 1.807) is 0 Å². The van der Waals surface area contributed by atoms with E-state index in [0.717, 1.165) is 39.5 Å². The van der Waals surface area contributed by atoms with Gasteiger partial charge in [0.15, 0.2) is 0 Å². The summed E-state index contributed by atoms with van der Waals surface area (Å²) >= 11 is 0. The van der Waals surface area contributed by atoms with Gasteiger partial charge in [-0.2, -0.15) is 0 Å². The molecule has 0 aliphatic rings. The molecule has 0 radical (unpaired) electrons. The lowest BCUT2D eigenvalue weighted by Crippen LogP contribution is -1.91. The van der Waals surface area contributed by atoms with Crippen LogP contribution in [0.2, 0.25) is 0 Å². The van der Waals surface area contributed by atoms with Crippen LogP contribution >= 0.6 is 0 Å². The van der Waals surface area contributed by atoms with Crippen molar-refractivity contribution in [3.05, 3.63) is 163 Å². The summed E-state index contributed by atoms with van der Waals surface area (Å²) in [7, 11) is 0. The molecule has 8 aromatic rings. The maximum absolute atomic E-state index is 5.03. The zero-order valence-electron chi connectivity index (χ0n) is 25.3. The number of nitrogens with zero attached hydrogens (tertiary/aromatic N) is 3. The van der Waals surface area contributed by atoms with Gasteiger partial charge in [-0.25, -0.2) is 4.98 Å². The number of aryl methyl sites for hydroxylation is 2. The molecule has 8 rings (SSSR count). The monoisotopic (exact) mass is 577 g/mol. The van der Waals surface area contributed by atoms with Crippen molar-refractivity contribution in [2.45, 2.75) is 13.8 Å². The first kappa shape index (κ1) is 26.8. The molecule has 5 aromatic carbocycles. The van der Waals surface area contributed by atoms with E-state index in [1.807, 2.05) is 12.1 Å². The fourth-order valence-electron chi connectivity index (χ4n) is 6.48. The molecule has 0 atom stereocenters. The number of imidazole rings is 1. The Labute approximate surface area is 263 Å². The van der Waals surface area contributed by atoms with Crippen LogP contribution in [0.4, 0.5) is 0 Å². The number of benzene rings is 5. The maximum atomic E-state index is 5.03. The van der Waals surface area contributed by atoms with Crippen LogP contribution in [0.3, 0.4) is 0 Å². The zero-order chi connectivity index (χ0) is 30.3. The van der Waals surface area contributed by atoms with E-state index in [4.69, 9.17) is 4.98 Å². The second-order valence-electron chi connectivity index (χ2n) is 11.6. The van der Waals surface area contributed by atoms with Gasteiger partial charge < -0.3 is 0 Å². The summed E-state index contributed by atoms with van der Waals surface area (Å²) in [5, 5.41) is 2.49. The molecule has 214 valence electrons. The van der Waals surface area contributed by atoms with Crippen LogP contribution in [-0.2, 0) is 0 Å². The number of rotatable bonds is 5. The van der Waals surface area contributed by atoms with Crippen LogP contribution in [-0.4, -0.2) is 14.4 Å². The normalized spacial score (nSPS) is 11.3. The van der Waals surface area contributed by atoms with Crippen LogP contribution in [0.5, 0.6) is 0 Å². The van der Waals surface area contributed by atoms with Crippen LogP contribution < -0.4 is 0 Å². The van der Waals surface area contributed by atoms with Gasteiger partial charge in [0.05, 0.1) is 11.4 Å². The number of hydrogen-bond donors (Lipinski definition) is 0. The summed E-state index contributed by atoms with van der Waals surface area (Å²) < 4.78 is 2.19. The minimum Gasteiger partial charge on any atom is -0.299 e. The molecule has 0 aliphatic heterocycles. The largest absolute Gasteiger partial charge is 0.299 e. The van der Waals surface area contributed by atoms with Crippen molar-refractivity contribution < 1.29 is 0 Å². The lowest BCUT2D eigenvalue weighted by molar-refractivity contribution is 1.12. The highest BCUT2D eigenvalue weighted by atomic mass is 15.0. The number of fused-ring (bicyclic) bond motifs is 2. The lowest BCUT2D eigenvalue weighted by Gasteiger charge is -2.14. The third kappa shape index (κ3) is 4.99. The quantitative estimate of drug-likeness (QED) is 0.204. The predicted molar refractivity (Wildman–Crippen MR) is 187 cm³/mol. The average molecular weight is 578 g/mol. The van der Waals surface area contributed by atoms with Gasteiger partial charge in [-0.05, 0) is 100 Å². The minimum absolute atomic E-state index is 0.936. The van der Waals surface area contributed by atoms with E-state index in [1.165, 1.54) is 44.2 Å². The zero-order valence-corrected chi connectivity index (χ0v) is 25.3. The third-order valence-corrected chi connectivity index (χ3v) is 8.52. The number of pyridine rings is 2. The Kier molecular flexibility index (Phi) is 6.57. The molecule has 0 spiro atoms. The first-order chi connectivity index (χ1) is 22.1. The molecule has 0 bridgehead atoms. The second-order valence-corrected chi connectivity index (χ2v) is 11.6. The lowest BCUT2D eigenvalue weighted by atomic mass is 9.91. The molecule has 3 heteroatoms. The Morgan fingerprint density at radius 1 is 0.444 bits per heavy atom. The first-order valence-electron chi connectivity index (χ1n) is 15.3.